The summed E-state index contributed by atoms with van der Waals surface area (Å²) >= 11 is 0. The molecule has 6 heteroatoms. The molecule has 0 radical (unpaired) electrons. The molecule has 0 unspecified atom stereocenters. The van der Waals surface area contributed by atoms with Crippen LogP contribution in [0.1, 0.15) is 258 Å². The third-order valence-corrected chi connectivity index (χ3v) is 11.4. The van der Waals surface area contributed by atoms with Gasteiger partial charge in [0.1, 0.15) is 13.2 Å². The zero-order chi connectivity index (χ0) is 46.5. The SMILES string of the molecule is CC/C=C\C/C=C\C/C=C\C/C=C\C/C=C\CCCCCC(=O)OC[C@@H](COC(=O)CCCCCCCCCCCCC)OC(=O)CCCCCCC/C=C\CCCCCCCCC. The highest BCUT2D eigenvalue weighted by atomic mass is 16.6. The minimum absolute atomic E-state index is 0.0877. The first-order chi connectivity index (χ1) is 31.5. The van der Waals surface area contributed by atoms with E-state index in [-0.39, 0.29) is 31.1 Å². The van der Waals surface area contributed by atoms with E-state index in [0.29, 0.717) is 19.3 Å². The van der Waals surface area contributed by atoms with E-state index in [2.05, 4.69) is 93.7 Å². The zero-order valence-electron chi connectivity index (χ0n) is 42.0. The minimum atomic E-state index is -0.791. The van der Waals surface area contributed by atoms with Gasteiger partial charge in [0.2, 0.25) is 0 Å². The summed E-state index contributed by atoms with van der Waals surface area (Å²) in [6.07, 6.45) is 66.0. The van der Waals surface area contributed by atoms with Crippen molar-refractivity contribution in [1.29, 1.82) is 0 Å². The summed E-state index contributed by atoms with van der Waals surface area (Å²) < 4.78 is 16.8. The number of rotatable bonds is 48. The van der Waals surface area contributed by atoms with Gasteiger partial charge in [0, 0.05) is 19.3 Å². The van der Waals surface area contributed by atoms with Crippen LogP contribution >= 0.6 is 0 Å². The Morgan fingerprint density at radius 2 is 0.609 bits per heavy atom. The van der Waals surface area contributed by atoms with Gasteiger partial charge < -0.3 is 14.2 Å². The van der Waals surface area contributed by atoms with Gasteiger partial charge in [0.05, 0.1) is 0 Å². The molecule has 0 aliphatic heterocycles. The average Bonchev–Trinajstić information content (AvgIpc) is 3.29. The highest BCUT2D eigenvalue weighted by molar-refractivity contribution is 5.71. The van der Waals surface area contributed by atoms with Gasteiger partial charge in [-0.3, -0.25) is 14.4 Å². The molecule has 0 saturated heterocycles. The normalized spacial score (nSPS) is 12.6. The standard InChI is InChI=1S/C58H100O6/c1-4-7-10-13-16-19-22-24-26-28-29-30-32-33-36-39-42-45-48-51-57(60)63-54-55(53-62-56(59)50-47-44-41-38-35-21-18-15-12-9-6-3)64-58(61)52-49-46-43-40-37-34-31-27-25-23-20-17-14-11-8-5-2/h7,10,16,19,24,26-27,29-31,33,36,55H,4-6,8-9,11-15,17-18,20-23,25,28,32,34-35,37-54H2,1-3H3/b10-7-,19-16-,26-24-,30-29-,31-27-,36-33-/t55-/m1/s1. The second-order valence-corrected chi connectivity index (χ2v) is 17.8. The quantitative estimate of drug-likeness (QED) is 0.0262. The highest BCUT2D eigenvalue weighted by Gasteiger charge is 2.19. The molecule has 0 spiro atoms. The number of esters is 3. The van der Waals surface area contributed by atoms with Crippen molar-refractivity contribution in [2.75, 3.05) is 13.2 Å². The summed E-state index contributed by atoms with van der Waals surface area (Å²) in [4.78, 5) is 38.0. The first-order valence-electron chi connectivity index (χ1n) is 26.9. The molecule has 368 valence electrons. The van der Waals surface area contributed by atoms with Crippen molar-refractivity contribution < 1.29 is 28.6 Å². The van der Waals surface area contributed by atoms with Crippen molar-refractivity contribution >= 4 is 17.9 Å². The Labute approximate surface area is 395 Å². The lowest BCUT2D eigenvalue weighted by atomic mass is 10.1. The smallest absolute Gasteiger partial charge is 0.306 e. The van der Waals surface area contributed by atoms with Crippen molar-refractivity contribution in [3.8, 4) is 0 Å². The Balaban J connectivity index is 4.42. The molecular weight excluding hydrogens is 793 g/mol. The number of hydrogen-bond donors (Lipinski definition) is 0. The largest absolute Gasteiger partial charge is 0.462 e. The Kier molecular flexibility index (Phi) is 49.9. The van der Waals surface area contributed by atoms with Crippen LogP contribution in [-0.4, -0.2) is 37.2 Å². The Hall–Kier alpha value is -3.15. The molecule has 64 heavy (non-hydrogen) atoms. The van der Waals surface area contributed by atoms with Crippen LogP contribution in [0.2, 0.25) is 0 Å². The van der Waals surface area contributed by atoms with E-state index in [1.54, 1.807) is 0 Å². The second kappa shape index (κ2) is 52.5. The van der Waals surface area contributed by atoms with Gasteiger partial charge in [0.25, 0.3) is 0 Å². The lowest BCUT2D eigenvalue weighted by Crippen LogP contribution is -2.30. The van der Waals surface area contributed by atoms with E-state index >= 15 is 0 Å². The highest BCUT2D eigenvalue weighted by Crippen LogP contribution is 2.14. The molecule has 1 atom stereocenters. The van der Waals surface area contributed by atoms with Crippen LogP contribution in [0.25, 0.3) is 0 Å². The summed E-state index contributed by atoms with van der Waals surface area (Å²) in [6.45, 7) is 6.49. The molecule has 0 amide bonds. The van der Waals surface area contributed by atoms with Crippen molar-refractivity contribution in [2.24, 2.45) is 0 Å². The monoisotopic (exact) mass is 893 g/mol. The molecule has 0 fully saturated rings. The number of allylic oxidation sites excluding steroid dienone is 12. The summed E-state index contributed by atoms with van der Waals surface area (Å²) in [6, 6.07) is 0. The molecule has 0 rings (SSSR count). The van der Waals surface area contributed by atoms with Crippen LogP contribution in [-0.2, 0) is 28.6 Å². The molecule has 0 aromatic carbocycles. The maximum atomic E-state index is 12.8. The molecule has 0 N–H and O–H groups in total. The third kappa shape index (κ3) is 49.9. The zero-order valence-corrected chi connectivity index (χ0v) is 42.0. The van der Waals surface area contributed by atoms with E-state index in [4.69, 9.17) is 14.2 Å². The third-order valence-electron chi connectivity index (χ3n) is 11.4. The fourth-order valence-electron chi connectivity index (χ4n) is 7.40. The predicted octanol–water partition coefficient (Wildman–Crippen LogP) is 17.8. The van der Waals surface area contributed by atoms with Crippen molar-refractivity contribution in [2.45, 2.75) is 264 Å². The van der Waals surface area contributed by atoms with Crippen LogP contribution in [0.3, 0.4) is 0 Å². The van der Waals surface area contributed by atoms with Gasteiger partial charge in [-0.2, -0.15) is 0 Å². The molecule has 0 aliphatic rings. The van der Waals surface area contributed by atoms with Crippen LogP contribution in [0, 0.1) is 0 Å². The van der Waals surface area contributed by atoms with Crippen LogP contribution in [0.5, 0.6) is 0 Å². The number of unbranched alkanes of at least 4 members (excludes halogenated alkanes) is 25. The molecule has 0 aliphatic carbocycles. The maximum Gasteiger partial charge on any atom is 0.306 e. The molecule has 0 saturated carbocycles. The first kappa shape index (κ1) is 60.9. The summed E-state index contributed by atoms with van der Waals surface area (Å²) in [5, 5.41) is 0. The van der Waals surface area contributed by atoms with Gasteiger partial charge in [0.15, 0.2) is 6.10 Å². The molecule has 0 aromatic rings. The van der Waals surface area contributed by atoms with Crippen LogP contribution in [0.4, 0.5) is 0 Å². The van der Waals surface area contributed by atoms with E-state index < -0.39 is 6.10 Å². The second-order valence-electron chi connectivity index (χ2n) is 17.8. The fourth-order valence-corrected chi connectivity index (χ4v) is 7.40. The van der Waals surface area contributed by atoms with Crippen LogP contribution < -0.4 is 0 Å². The molecule has 0 aromatic heterocycles. The van der Waals surface area contributed by atoms with E-state index in [1.807, 2.05) is 0 Å². The summed E-state index contributed by atoms with van der Waals surface area (Å²) in [7, 11) is 0. The lowest BCUT2D eigenvalue weighted by molar-refractivity contribution is -0.167. The van der Waals surface area contributed by atoms with Gasteiger partial charge in [-0.05, 0) is 89.9 Å². The van der Waals surface area contributed by atoms with Crippen molar-refractivity contribution in [3.05, 3.63) is 72.9 Å². The van der Waals surface area contributed by atoms with E-state index in [0.717, 1.165) is 109 Å². The number of hydrogen-bond acceptors (Lipinski definition) is 6. The minimum Gasteiger partial charge on any atom is -0.462 e. The average molecular weight is 893 g/mol. The van der Waals surface area contributed by atoms with Gasteiger partial charge in [-0.25, -0.2) is 0 Å². The van der Waals surface area contributed by atoms with Gasteiger partial charge >= 0.3 is 17.9 Å². The first-order valence-corrected chi connectivity index (χ1v) is 26.9. The Morgan fingerprint density at radius 1 is 0.328 bits per heavy atom. The fraction of sp³-hybridized carbons (Fsp3) is 0.741. The summed E-state index contributed by atoms with van der Waals surface area (Å²) in [5.41, 5.74) is 0. The predicted molar refractivity (Wildman–Crippen MR) is 274 cm³/mol. The lowest BCUT2D eigenvalue weighted by Gasteiger charge is -2.18. The maximum absolute atomic E-state index is 12.8. The summed E-state index contributed by atoms with van der Waals surface area (Å²) in [5.74, 6) is -0.926. The Morgan fingerprint density at radius 3 is 0.984 bits per heavy atom. The van der Waals surface area contributed by atoms with Crippen LogP contribution in [0.15, 0.2) is 72.9 Å². The number of carbonyl (C=O) groups excluding carboxylic acids is 3. The molecule has 6 nitrogen and oxygen atoms in total. The number of carbonyl (C=O) groups is 3. The number of ether oxygens (including phenoxy) is 3. The van der Waals surface area contributed by atoms with Gasteiger partial charge in [-0.1, -0.05) is 222 Å². The van der Waals surface area contributed by atoms with Gasteiger partial charge in [-0.15, -0.1) is 0 Å². The molecule has 0 bridgehead atoms. The van der Waals surface area contributed by atoms with Crippen molar-refractivity contribution in [3.63, 3.8) is 0 Å². The van der Waals surface area contributed by atoms with Crippen molar-refractivity contribution in [1.82, 2.24) is 0 Å². The van der Waals surface area contributed by atoms with E-state index in [9.17, 15) is 14.4 Å². The topological polar surface area (TPSA) is 78.9 Å². The molecule has 0 heterocycles. The Bertz CT molecular complexity index is 1210. The van der Waals surface area contributed by atoms with E-state index in [1.165, 1.54) is 109 Å². The molecular formula is C58H100O6.